The molecule has 4 rings (SSSR count). The Balaban J connectivity index is 1.68. The number of aromatic amines is 1. The Morgan fingerprint density at radius 1 is 1.13 bits per heavy atom. The van der Waals surface area contributed by atoms with Crippen molar-refractivity contribution < 1.29 is 0 Å². The molecule has 1 saturated heterocycles. The molecule has 0 bridgehead atoms. The first kappa shape index (κ1) is 14.6. The van der Waals surface area contributed by atoms with Gasteiger partial charge in [-0.1, -0.05) is 36.8 Å². The van der Waals surface area contributed by atoms with Gasteiger partial charge in [-0.2, -0.15) is 0 Å². The minimum absolute atomic E-state index is 0.0274. The first-order valence-corrected chi connectivity index (χ1v) is 8.92. The van der Waals surface area contributed by atoms with E-state index in [2.05, 4.69) is 22.0 Å². The van der Waals surface area contributed by atoms with Crippen LogP contribution in [0.25, 0.3) is 20.7 Å². The van der Waals surface area contributed by atoms with Crippen molar-refractivity contribution in [2.75, 3.05) is 13.1 Å². The van der Waals surface area contributed by atoms with Crippen LogP contribution >= 0.6 is 11.3 Å². The van der Waals surface area contributed by atoms with E-state index in [0.29, 0.717) is 5.39 Å². The molecule has 0 unspecified atom stereocenters. The van der Waals surface area contributed by atoms with Crippen LogP contribution in [-0.2, 0) is 6.54 Å². The van der Waals surface area contributed by atoms with Gasteiger partial charge in [0.2, 0.25) is 0 Å². The number of benzene rings is 1. The number of piperidine rings is 1. The number of likely N-dealkylation sites (tertiary alicyclic amines) is 1. The van der Waals surface area contributed by atoms with Crippen molar-refractivity contribution in [1.82, 2.24) is 14.9 Å². The van der Waals surface area contributed by atoms with Gasteiger partial charge in [0, 0.05) is 4.88 Å². The molecule has 118 valence electrons. The molecule has 0 atom stereocenters. The van der Waals surface area contributed by atoms with E-state index in [1.165, 1.54) is 19.3 Å². The molecule has 2 aromatic heterocycles. The lowest BCUT2D eigenvalue weighted by Gasteiger charge is -2.25. The van der Waals surface area contributed by atoms with E-state index >= 15 is 0 Å². The second kappa shape index (κ2) is 6.26. The summed E-state index contributed by atoms with van der Waals surface area (Å²) >= 11 is 1.59. The zero-order chi connectivity index (χ0) is 15.6. The predicted octanol–water partition coefficient (Wildman–Crippen LogP) is 3.64. The number of nitrogens with one attached hydrogen (secondary N) is 1. The molecule has 0 radical (unpaired) electrons. The number of hydrogen-bond acceptors (Lipinski definition) is 4. The topological polar surface area (TPSA) is 49.0 Å². The lowest BCUT2D eigenvalue weighted by atomic mass is 10.1. The molecule has 1 aromatic carbocycles. The number of thiophene rings is 1. The summed E-state index contributed by atoms with van der Waals surface area (Å²) in [5.74, 6) is 0.783. The van der Waals surface area contributed by atoms with Gasteiger partial charge >= 0.3 is 0 Å². The van der Waals surface area contributed by atoms with Crippen LogP contribution in [0.4, 0.5) is 0 Å². The maximum atomic E-state index is 12.4. The lowest BCUT2D eigenvalue weighted by molar-refractivity contribution is 0.216. The Hall–Kier alpha value is -1.98. The lowest BCUT2D eigenvalue weighted by Crippen LogP contribution is -2.30. The molecule has 0 aliphatic carbocycles. The Morgan fingerprint density at radius 2 is 1.91 bits per heavy atom. The van der Waals surface area contributed by atoms with Gasteiger partial charge in [-0.3, -0.25) is 9.69 Å². The second-order valence-corrected chi connectivity index (χ2v) is 7.08. The molecule has 1 aliphatic heterocycles. The Kier molecular flexibility index (Phi) is 3.97. The van der Waals surface area contributed by atoms with E-state index in [4.69, 9.17) is 4.98 Å². The van der Waals surface area contributed by atoms with Crippen molar-refractivity contribution in [2.24, 2.45) is 0 Å². The molecule has 0 spiro atoms. The van der Waals surface area contributed by atoms with E-state index < -0.39 is 0 Å². The Bertz CT molecular complexity index is 863. The third kappa shape index (κ3) is 3.07. The number of fused-ring (bicyclic) bond motifs is 1. The molecule has 1 fully saturated rings. The third-order valence-electron chi connectivity index (χ3n) is 4.33. The van der Waals surface area contributed by atoms with Crippen molar-refractivity contribution in [1.29, 1.82) is 0 Å². The molecule has 1 aliphatic rings. The van der Waals surface area contributed by atoms with Gasteiger partial charge in [-0.25, -0.2) is 4.98 Å². The van der Waals surface area contributed by atoms with Crippen LogP contribution in [0.15, 0.2) is 41.2 Å². The van der Waals surface area contributed by atoms with E-state index in [1.807, 2.05) is 24.3 Å². The number of H-pyrrole nitrogens is 1. The average Bonchev–Trinajstić information content (AvgIpc) is 3.01. The summed E-state index contributed by atoms with van der Waals surface area (Å²) in [7, 11) is 0. The first-order valence-electron chi connectivity index (χ1n) is 8.10. The second-order valence-electron chi connectivity index (χ2n) is 6.04. The number of nitrogens with zero attached hydrogens (tertiary/aromatic N) is 2. The van der Waals surface area contributed by atoms with Gasteiger partial charge in [0.25, 0.3) is 5.56 Å². The number of hydrogen-bond donors (Lipinski definition) is 1. The van der Waals surface area contributed by atoms with Gasteiger partial charge in [-0.15, -0.1) is 11.3 Å². The van der Waals surface area contributed by atoms with Crippen molar-refractivity contribution in [3.8, 4) is 10.4 Å². The molecule has 23 heavy (non-hydrogen) atoms. The van der Waals surface area contributed by atoms with Gasteiger partial charge in [-0.05, 0) is 37.6 Å². The molecule has 4 nitrogen and oxygen atoms in total. The van der Waals surface area contributed by atoms with Crippen LogP contribution in [0.5, 0.6) is 0 Å². The van der Waals surface area contributed by atoms with Crippen LogP contribution in [0.1, 0.15) is 25.1 Å². The van der Waals surface area contributed by atoms with Gasteiger partial charge < -0.3 is 4.98 Å². The molecule has 3 aromatic rings. The smallest absolute Gasteiger partial charge is 0.259 e. The standard InChI is InChI=1S/C18H19N3OS/c22-17-14-11-15(13-7-3-1-4-8-13)23-18(14)20-16(19-17)12-21-9-5-2-6-10-21/h1,3-4,7-8,11H,2,5-6,9-10,12H2,(H,19,20,22). The molecular formula is C18H19N3OS. The summed E-state index contributed by atoms with van der Waals surface area (Å²) in [4.78, 5) is 24.3. The van der Waals surface area contributed by atoms with Crippen LogP contribution in [0.2, 0.25) is 0 Å². The normalized spacial score (nSPS) is 16.0. The predicted molar refractivity (Wildman–Crippen MR) is 94.8 cm³/mol. The third-order valence-corrected chi connectivity index (χ3v) is 5.41. The minimum atomic E-state index is -0.0274. The van der Waals surface area contributed by atoms with Crippen molar-refractivity contribution >= 4 is 21.6 Å². The summed E-state index contributed by atoms with van der Waals surface area (Å²) in [6.45, 7) is 2.94. The molecule has 0 amide bonds. The maximum absolute atomic E-state index is 12.4. The molecule has 5 heteroatoms. The molecule has 3 heterocycles. The fourth-order valence-corrected chi connectivity index (χ4v) is 4.18. The van der Waals surface area contributed by atoms with Crippen LogP contribution in [0.3, 0.4) is 0 Å². The quantitative estimate of drug-likeness (QED) is 0.800. The fraction of sp³-hybridized carbons (Fsp3) is 0.333. The summed E-state index contributed by atoms with van der Waals surface area (Å²) in [5.41, 5.74) is 1.10. The van der Waals surface area contributed by atoms with E-state index in [1.54, 1.807) is 11.3 Å². The van der Waals surface area contributed by atoms with Crippen molar-refractivity contribution in [3.05, 3.63) is 52.6 Å². The highest BCUT2D eigenvalue weighted by Gasteiger charge is 2.14. The molecule has 0 saturated carbocycles. The monoisotopic (exact) mass is 325 g/mol. The van der Waals surface area contributed by atoms with Crippen LogP contribution in [-0.4, -0.2) is 28.0 Å². The summed E-state index contributed by atoms with van der Waals surface area (Å²) < 4.78 is 0. The number of rotatable bonds is 3. The zero-order valence-corrected chi connectivity index (χ0v) is 13.7. The summed E-state index contributed by atoms with van der Waals surface area (Å²) in [6.07, 6.45) is 3.79. The highest BCUT2D eigenvalue weighted by Crippen LogP contribution is 2.30. The Labute approximate surface area is 138 Å². The summed E-state index contributed by atoms with van der Waals surface area (Å²) in [5, 5.41) is 0.691. The highest BCUT2D eigenvalue weighted by molar-refractivity contribution is 7.21. The van der Waals surface area contributed by atoms with Gasteiger partial charge in [0.05, 0.1) is 11.9 Å². The van der Waals surface area contributed by atoms with E-state index in [9.17, 15) is 4.79 Å². The zero-order valence-electron chi connectivity index (χ0n) is 12.9. The van der Waals surface area contributed by atoms with E-state index in [-0.39, 0.29) is 5.56 Å². The van der Waals surface area contributed by atoms with Gasteiger partial charge in [0.15, 0.2) is 0 Å². The largest absolute Gasteiger partial charge is 0.309 e. The van der Waals surface area contributed by atoms with Crippen molar-refractivity contribution in [2.45, 2.75) is 25.8 Å². The van der Waals surface area contributed by atoms with Gasteiger partial charge in [0.1, 0.15) is 10.7 Å². The minimum Gasteiger partial charge on any atom is -0.309 e. The SMILES string of the molecule is O=c1[nH]c(CN2CCCCC2)nc2sc(-c3ccccc3)cc12. The summed E-state index contributed by atoms with van der Waals surface area (Å²) in [6, 6.07) is 12.1. The molecular weight excluding hydrogens is 306 g/mol. The molecule has 1 N–H and O–H groups in total. The number of aromatic nitrogens is 2. The van der Waals surface area contributed by atoms with Crippen LogP contribution < -0.4 is 5.56 Å². The Morgan fingerprint density at radius 3 is 2.70 bits per heavy atom. The highest BCUT2D eigenvalue weighted by atomic mass is 32.1. The fourth-order valence-electron chi connectivity index (χ4n) is 3.12. The van der Waals surface area contributed by atoms with E-state index in [0.717, 1.165) is 40.7 Å². The average molecular weight is 325 g/mol. The van der Waals surface area contributed by atoms with Crippen molar-refractivity contribution in [3.63, 3.8) is 0 Å². The first-order chi connectivity index (χ1) is 11.3. The van der Waals surface area contributed by atoms with Crippen LogP contribution in [0, 0.1) is 0 Å². The maximum Gasteiger partial charge on any atom is 0.259 e.